The first kappa shape index (κ1) is 14.4. The minimum absolute atomic E-state index is 0.333. The Balaban J connectivity index is 2.13. The molecule has 19 heavy (non-hydrogen) atoms. The largest absolute Gasteiger partial charge is 0.490 e. The molecule has 1 saturated carbocycles. The zero-order chi connectivity index (χ0) is 13.7. The van der Waals surface area contributed by atoms with Gasteiger partial charge in [0.2, 0.25) is 0 Å². The molecule has 0 spiro atoms. The summed E-state index contributed by atoms with van der Waals surface area (Å²) in [7, 11) is 2.00. The number of hydrogen-bond acceptors (Lipinski definition) is 2. The Kier molecular flexibility index (Phi) is 5.26. The minimum Gasteiger partial charge on any atom is -0.490 e. The van der Waals surface area contributed by atoms with Crippen LogP contribution >= 0.6 is 0 Å². The molecule has 2 nitrogen and oxygen atoms in total. The Hall–Kier alpha value is -1.02. The van der Waals surface area contributed by atoms with Crippen LogP contribution in [0.3, 0.4) is 0 Å². The predicted octanol–water partition coefficient (Wildman–Crippen LogP) is 4.31. The van der Waals surface area contributed by atoms with Crippen LogP contribution in [-0.2, 0) is 0 Å². The number of para-hydroxylation sites is 1. The predicted molar refractivity (Wildman–Crippen MR) is 80.6 cm³/mol. The Morgan fingerprint density at radius 2 is 2.00 bits per heavy atom. The van der Waals surface area contributed by atoms with Crippen LogP contribution in [0, 0.1) is 5.92 Å². The number of benzene rings is 1. The van der Waals surface area contributed by atoms with Crippen LogP contribution in [-0.4, -0.2) is 13.2 Å². The van der Waals surface area contributed by atoms with Gasteiger partial charge in [0.05, 0.1) is 0 Å². The van der Waals surface area contributed by atoms with E-state index in [9.17, 15) is 0 Å². The Bertz CT molecular complexity index is 391. The first-order valence-corrected chi connectivity index (χ1v) is 7.69. The van der Waals surface area contributed by atoms with E-state index in [1.165, 1.54) is 37.7 Å². The maximum Gasteiger partial charge on any atom is 0.124 e. The third-order valence-corrected chi connectivity index (χ3v) is 4.46. The number of ether oxygens (including phenoxy) is 1. The van der Waals surface area contributed by atoms with Gasteiger partial charge in [-0.1, -0.05) is 31.5 Å². The van der Waals surface area contributed by atoms with Gasteiger partial charge in [-0.3, -0.25) is 0 Å². The highest BCUT2D eigenvalue weighted by atomic mass is 16.5. The molecule has 1 aromatic rings. The first-order valence-electron chi connectivity index (χ1n) is 7.69. The summed E-state index contributed by atoms with van der Waals surface area (Å²) in [6.07, 6.45) is 6.85. The van der Waals surface area contributed by atoms with Crippen molar-refractivity contribution in [3.8, 4) is 5.75 Å². The van der Waals surface area contributed by atoms with Crippen LogP contribution < -0.4 is 10.1 Å². The second kappa shape index (κ2) is 6.95. The molecule has 0 bridgehead atoms. The molecule has 0 radical (unpaired) electrons. The lowest BCUT2D eigenvalue weighted by molar-refractivity contribution is 0.0889. The lowest BCUT2D eigenvalue weighted by atomic mass is 9.84. The highest BCUT2D eigenvalue weighted by Gasteiger charge is 2.26. The van der Waals surface area contributed by atoms with Crippen molar-refractivity contribution >= 4 is 0 Å². The monoisotopic (exact) mass is 261 g/mol. The average molecular weight is 261 g/mol. The van der Waals surface area contributed by atoms with Crippen molar-refractivity contribution < 1.29 is 4.74 Å². The summed E-state index contributed by atoms with van der Waals surface area (Å²) in [5, 5.41) is 3.30. The quantitative estimate of drug-likeness (QED) is 0.852. The van der Waals surface area contributed by atoms with Crippen molar-refractivity contribution in [2.45, 2.75) is 58.1 Å². The fraction of sp³-hybridized carbons (Fsp3) is 0.647. The Labute approximate surface area is 117 Å². The van der Waals surface area contributed by atoms with Gasteiger partial charge in [0, 0.05) is 11.6 Å². The van der Waals surface area contributed by atoms with E-state index in [2.05, 4.69) is 43.4 Å². The summed E-state index contributed by atoms with van der Waals surface area (Å²) in [6, 6.07) is 8.78. The zero-order valence-electron chi connectivity index (χ0n) is 12.5. The molecule has 1 aliphatic carbocycles. The van der Waals surface area contributed by atoms with Crippen molar-refractivity contribution in [2.24, 2.45) is 5.92 Å². The normalized spacial score (nSPS) is 25.0. The molecule has 106 valence electrons. The first-order chi connectivity index (χ1) is 9.26. The highest BCUT2D eigenvalue weighted by molar-refractivity contribution is 5.35. The van der Waals surface area contributed by atoms with E-state index < -0.39 is 0 Å². The Morgan fingerprint density at radius 3 is 2.74 bits per heavy atom. The molecular weight excluding hydrogens is 234 g/mol. The van der Waals surface area contributed by atoms with Crippen LogP contribution in [0.25, 0.3) is 0 Å². The van der Waals surface area contributed by atoms with Crippen molar-refractivity contribution in [1.82, 2.24) is 5.32 Å². The fourth-order valence-electron chi connectivity index (χ4n) is 3.06. The molecule has 0 heterocycles. The number of rotatable bonds is 5. The van der Waals surface area contributed by atoms with Crippen molar-refractivity contribution in [2.75, 3.05) is 7.05 Å². The van der Waals surface area contributed by atoms with Gasteiger partial charge < -0.3 is 10.1 Å². The van der Waals surface area contributed by atoms with E-state index in [0.717, 1.165) is 11.7 Å². The highest BCUT2D eigenvalue weighted by Crippen LogP contribution is 2.33. The SMILES string of the molecule is CCC1CCCCC1Oc1ccccc1C(C)NC. The lowest BCUT2D eigenvalue weighted by Gasteiger charge is -2.32. The molecule has 3 unspecified atom stereocenters. The maximum atomic E-state index is 6.37. The van der Waals surface area contributed by atoms with Crippen LogP contribution in [0.2, 0.25) is 0 Å². The molecule has 2 heteroatoms. The summed E-state index contributed by atoms with van der Waals surface area (Å²) < 4.78 is 6.37. The van der Waals surface area contributed by atoms with Gasteiger partial charge in [0.1, 0.15) is 11.9 Å². The molecule has 1 N–H and O–H groups in total. The van der Waals surface area contributed by atoms with Crippen LogP contribution in [0.4, 0.5) is 0 Å². The molecule has 2 rings (SSSR count). The van der Waals surface area contributed by atoms with Gasteiger partial charge >= 0.3 is 0 Å². The van der Waals surface area contributed by atoms with Gasteiger partial charge in [-0.2, -0.15) is 0 Å². The van der Waals surface area contributed by atoms with Crippen molar-refractivity contribution in [3.05, 3.63) is 29.8 Å². The standard InChI is InChI=1S/C17H27NO/c1-4-14-9-5-7-11-16(14)19-17-12-8-6-10-15(17)13(2)18-3/h6,8,10,12-14,16,18H,4-5,7,9,11H2,1-3H3. The van der Waals surface area contributed by atoms with E-state index in [1.54, 1.807) is 0 Å². The van der Waals surface area contributed by atoms with Gasteiger partial charge in [-0.15, -0.1) is 0 Å². The summed E-state index contributed by atoms with van der Waals surface area (Å²) in [5.41, 5.74) is 1.27. The second-order valence-corrected chi connectivity index (χ2v) is 5.66. The molecular formula is C17H27NO. The summed E-state index contributed by atoms with van der Waals surface area (Å²) in [6.45, 7) is 4.47. The van der Waals surface area contributed by atoms with Crippen molar-refractivity contribution in [3.63, 3.8) is 0 Å². The molecule has 0 aliphatic heterocycles. The van der Waals surface area contributed by atoms with E-state index in [1.807, 2.05) is 7.05 Å². The number of hydrogen-bond donors (Lipinski definition) is 1. The van der Waals surface area contributed by atoms with Crippen LogP contribution in [0.5, 0.6) is 5.75 Å². The van der Waals surface area contributed by atoms with Crippen LogP contribution in [0.15, 0.2) is 24.3 Å². The van der Waals surface area contributed by atoms with Gasteiger partial charge in [0.25, 0.3) is 0 Å². The minimum atomic E-state index is 0.333. The van der Waals surface area contributed by atoms with Gasteiger partial charge in [-0.05, 0) is 51.6 Å². The van der Waals surface area contributed by atoms with Gasteiger partial charge in [0.15, 0.2) is 0 Å². The average Bonchev–Trinajstić information content (AvgIpc) is 2.47. The van der Waals surface area contributed by atoms with E-state index >= 15 is 0 Å². The summed E-state index contributed by atoms with van der Waals surface area (Å²) in [4.78, 5) is 0. The zero-order valence-corrected chi connectivity index (χ0v) is 12.5. The van der Waals surface area contributed by atoms with Crippen LogP contribution in [0.1, 0.15) is 57.6 Å². The van der Waals surface area contributed by atoms with Gasteiger partial charge in [-0.25, -0.2) is 0 Å². The third kappa shape index (κ3) is 3.50. The third-order valence-electron chi connectivity index (χ3n) is 4.46. The Morgan fingerprint density at radius 1 is 1.26 bits per heavy atom. The van der Waals surface area contributed by atoms with E-state index in [4.69, 9.17) is 4.74 Å². The maximum absolute atomic E-state index is 6.37. The smallest absolute Gasteiger partial charge is 0.124 e. The number of nitrogens with one attached hydrogen (secondary N) is 1. The fourth-order valence-corrected chi connectivity index (χ4v) is 3.06. The lowest BCUT2D eigenvalue weighted by Crippen LogP contribution is -2.30. The molecule has 1 fully saturated rings. The molecule has 0 aromatic heterocycles. The van der Waals surface area contributed by atoms with Crippen molar-refractivity contribution in [1.29, 1.82) is 0 Å². The molecule has 1 aliphatic rings. The second-order valence-electron chi connectivity index (χ2n) is 5.66. The molecule has 0 amide bonds. The topological polar surface area (TPSA) is 21.3 Å². The molecule has 3 atom stereocenters. The molecule has 1 aromatic carbocycles. The molecule has 0 saturated heterocycles. The van der Waals surface area contributed by atoms with E-state index in [0.29, 0.717) is 12.1 Å². The summed E-state index contributed by atoms with van der Waals surface area (Å²) in [5.74, 6) is 1.79. The summed E-state index contributed by atoms with van der Waals surface area (Å²) >= 11 is 0. The van der Waals surface area contributed by atoms with E-state index in [-0.39, 0.29) is 0 Å².